The van der Waals surface area contributed by atoms with Gasteiger partial charge in [-0.25, -0.2) is 0 Å². The molecule has 0 aliphatic rings. The van der Waals surface area contributed by atoms with Gasteiger partial charge in [0.2, 0.25) is 0 Å². The molecular formula is C30H26N6O2. The highest BCUT2D eigenvalue weighted by atomic mass is 16.5. The largest absolute Gasteiger partial charge is 0.493 e. The summed E-state index contributed by atoms with van der Waals surface area (Å²) in [5.41, 5.74) is 23.3. The monoisotopic (exact) mass is 502 g/mol. The summed E-state index contributed by atoms with van der Waals surface area (Å²) in [7, 11) is 0. The zero-order valence-electron chi connectivity index (χ0n) is 20.7. The number of hydrogen-bond donors (Lipinski definition) is 0. The van der Waals surface area contributed by atoms with Crippen molar-refractivity contribution in [3.05, 3.63) is 152 Å². The molecule has 0 aliphatic carbocycles. The van der Waals surface area contributed by atoms with Crippen molar-refractivity contribution in [2.24, 2.45) is 10.2 Å². The molecule has 4 aromatic carbocycles. The van der Waals surface area contributed by atoms with Crippen molar-refractivity contribution in [2.75, 3.05) is 26.3 Å². The lowest BCUT2D eigenvalue weighted by atomic mass is 9.86. The summed E-state index contributed by atoms with van der Waals surface area (Å²) in [6.07, 6.45) is 0. The molecule has 0 aliphatic heterocycles. The Balaban J connectivity index is 1.79. The maximum absolute atomic E-state index is 8.46. The van der Waals surface area contributed by atoms with Crippen molar-refractivity contribution in [3.8, 4) is 11.5 Å². The average molecular weight is 503 g/mol. The molecule has 8 heteroatoms. The molecule has 0 aromatic heterocycles. The molecule has 0 amide bonds. The highest BCUT2D eigenvalue weighted by molar-refractivity contribution is 6.04. The maximum Gasteiger partial charge on any atom is 0.119 e. The van der Waals surface area contributed by atoms with E-state index in [2.05, 4.69) is 44.3 Å². The van der Waals surface area contributed by atoms with Gasteiger partial charge in [-0.2, -0.15) is 0 Å². The molecular weight excluding hydrogens is 476 g/mol. The summed E-state index contributed by atoms with van der Waals surface area (Å²) in [6, 6.07) is 36.5. The van der Waals surface area contributed by atoms with E-state index in [1.165, 1.54) is 0 Å². The van der Waals surface area contributed by atoms with E-state index < -0.39 is 0 Å². The van der Waals surface area contributed by atoms with Crippen molar-refractivity contribution in [1.29, 1.82) is 0 Å². The fourth-order valence-electron chi connectivity index (χ4n) is 4.05. The summed E-state index contributed by atoms with van der Waals surface area (Å²) in [5, 5.41) is 7.03. The van der Waals surface area contributed by atoms with Crippen LogP contribution in [-0.2, 0) is 0 Å². The average Bonchev–Trinajstić information content (AvgIpc) is 2.98. The highest BCUT2D eigenvalue weighted by Gasteiger charge is 2.16. The SMILES string of the molecule is [N-]=[N+]=NCCOc1ccc(/C(=C(\c2ccccc2)c2ccc(OCCN=[N+]=[N-])cc2)c2ccccc2)cc1. The third-order valence-electron chi connectivity index (χ3n) is 5.71. The van der Waals surface area contributed by atoms with Crippen LogP contribution in [0.4, 0.5) is 0 Å². The van der Waals surface area contributed by atoms with E-state index in [0.717, 1.165) is 33.4 Å². The van der Waals surface area contributed by atoms with Gasteiger partial charge in [-0.1, -0.05) is 95.2 Å². The summed E-state index contributed by atoms with van der Waals surface area (Å²) < 4.78 is 11.4. The van der Waals surface area contributed by atoms with E-state index in [4.69, 9.17) is 20.5 Å². The Hall–Kier alpha value is -5.16. The van der Waals surface area contributed by atoms with Crippen molar-refractivity contribution in [2.45, 2.75) is 0 Å². The molecule has 188 valence electrons. The molecule has 0 N–H and O–H groups in total. The zero-order chi connectivity index (χ0) is 26.4. The third kappa shape index (κ3) is 6.95. The summed E-state index contributed by atoms with van der Waals surface area (Å²) >= 11 is 0. The van der Waals surface area contributed by atoms with Crippen LogP contribution in [0.15, 0.2) is 119 Å². The molecule has 0 spiro atoms. The topological polar surface area (TPSA) is 116 Å². The Morgan fingerprint density at radius 3 is 1.18 bits per heavy atom. The Bertz CT molecular complexity index is 1330. The van der Waals surface area contributed by atoms with E-state index >= 15 is 0 Å². The molecule has 0 fully saturated rings. The van der Waals surface area contributed by atoms with Crippen LogP contribution in [0.2, 0.25) is 0 Å². The van der Waals surface area contributed by atoms with Crippen LogP contribution < -0.4 is 9.47 Å². The third-order valence-corrected chi connectivity index (χ3v) is 5.71. The molecule has 0 radical (unpaired) electrons. The van der Waals surface area contributed by atoms with E-state index in [-0.39, 0.29) is 13.1 Å². The first-order valence-corrected chi connectivity index (χ1v) is 12.1. The normalized spacial score (nSPS) is 10.9. The maximum atomic E-state index is 8.46. The number of benzene rings is 4. The quantitative estimate of drug-likeness (QED) is 0.0640. The van der Waals surface area contributed by atoms with Gasteiger partial charge in [-0.05, 0) is 68.7 Å². The number of nitrogens with zero attached hydrogens (tertiary/aromatic N) is 6. The summed E-state index contributed by atoms with van der Waals surface area (Å²) in [5.74, 6) is 1.41. The minimum atomic E-state index is 0.275. The molecule has 4 aromatic rings. The standard InChI is InChI=1S/C30H26N6O2/c31-35-33-19-21-37-27-15-11-25(12-16-27)29(23-7-3-1-4-8-23)30(24-9-5-2-6-10-24)26-13-17-28(18-14-26)38-22-20-34-36-32/h1-18H,19-22H2/b30-29+. The smallest absolute Gasteiger partial charge is 0.119 e. The van der Waals surface area contributed by atoms with Gasteiger partial charge in [0.25, 0.3) is 0 Å². The van der Waals surface area contributed by atoms with Gasteiger partial charge in [0.15, 0.2) is 0 Å². The lowest BCUT2D eigenvalue weighted by molar-refractivity contribution is 0.328. The van der Waals surface area contributed by atoms with Crippen LogP contribution in [-0.4, -0.2) is 26.3 Å². The lowest BCUT2D eigenvalue weighted by Gasteiger charge is -2.19. The Labute approximate surface area is 221 Å². The van der Waals surface area contributed by atoms with Gasteiger partial charge in [0.05, 0.1) is 26.3 Å². The number of ether oxygens (including phenoxy) is 2. The minimum Gasteiger partial charge on any atom is -0.493 e. The molecule has 0 heterocycles. The van der Waals surface area contributed by atoms with Gasteiger partial charge in [-0.15, -0.1) is 0 Å². The fourth-order valence-corrected chi connectivity index (χ4v) is 4.05. The first-order chi connectivity index (χ1) is 18.8. The van der Waals surface area contributed by atoms with Crippen molar-refractivity contribution in [1.82, 2.24) is 0 Å². The molecule has 0 unspecified atom stereocenters. The number of azide groups is 2. The first kappa shape index (κ1) is 25.9. The fraction of sp³-hybridized carbons (Fsp3) is 0.133. The van der Waals surface area contributed by atoms with Crippen LogP contribution >= 0.6 is 0 Å². The number of rotatable bonds is 12. The van der Waals surface area contributed by atoms with Crippen LogP contribution in [0, 0.1) is 0 Å². The Morgan fingerprint density at radius 2 is 0.842 bits per heavy atom. The minimum absolute atomic E-state index is 0.275. The molecule has 0 saturated heterocycles. The van der Waals surface area contributed by atoms with Crippen molar-refractivity contribution < 1.29 is 9.47 Å². The highest BCUT2D eigenvalue weighted by Crippen LogP contribution is 2.37. The predicted octanol–water partition coefficient (Wildman–Crippen LogP) is 8.07. The second kappa shape index (κ2) is 13.8. The Morgan fingerprint density at radius 1 is 0.500 bits per heavy atom. The van der Waals surface area contributed by atoms with E-state index in [0.29, 0.717) is 24.7 Å². The van der Waals surface area contributed by atoms with Crippen LogP contribution in [0.1, 0.15) is 22.3 Å². The second-order valence-corrected chi connectivity index (χ2v) is 8.14. The van der Waals surface area contributed by atoms with Gasteiger partial charge >= 0.3 is 0 Å². The Kier molecular flexibility index (Phi) is 9.41. The van der Waals surface area contributed by atoms with Crippen molar-refractivity contribution >= 4 is 11.1 Å². The predicted molar refractivity (Wildman–Crippen MR) is 150 cm³/mol. The van der Waals surface area contributed by atoms with Gasteiger partial charge in [-0.3, -0.25) is 0 Å². The van der Waals surface area contributed by atoms with Crippen LogP contribution in [0.5, 0.6) is 11.5 Å². The number of hydrogen-bond acceptors (Lipinski definition) is 4. The molecule has 0 bridgehead atoms. The molecule has 0 saturated carbocycles. The van der Waals surface area contributed by atoms with Crippen molar-refractivity contribution in [3.63, 3.8) is 0 Å². The molecule has 8 nitrogen and oxygen atoms in total. The first-order valence-electron chi connectivity index (χ1n) is 12.1. The van der Waals surface area contributed by atoms with E-state index in [9.17, 15) is 0 Å². The second-order valence-electron chi connectivity index (χ2n) is 8.14. The van der Waals surface area contributed by atoms with Gasteiger partial charge in [0, 0.05) is 9.82 Å². The van der Waals surface area contributed by atoms with E-state index in [1.54, 1.807) is 0 Å². The lowest BCUT2D eigenvalue weighted by Crippen LogP contribution is -2.01. The van der Waals surface area contributed by atoms with Gasteiger partial charge < -0.3 is 9.47 Å². The van der Waals surface area contributed by atoms with Crippen LogP contribution in [0.3, 0.4) is 0 Å². The zero-order valence-corrected chi connectivity index (χ0v) is 20.7. The molecule has 0 atom stereocenters. The van der Waals surface area contributed by atoms with E-state index in [1.807, 2.05) is 84.9 Å². The molecule has 4 rings (SSSR count). The molecule has 38 heavy (non-hydrogen) atoms. The van der Waals surface area contributed by atoms with Gasteiger partial charge in [0.1, 0.15) is 11.5 Å². The summed E-state index contributed by atoms with van der Waals surface area (Å²) in [6.45, 7) is 1.18. The summed E-state index contributed by atoms with van der Waals surface area (Å²) in [4.78, 5) is 5.51. The van der Waals surface area contributed by atoms with Crippen LogP contribution in [0.25, 0.3) is 32.0 Å².